The molecule has 1 aliphatic rings. The number of aliphatic hydroxyl groups is 1. The van der Waals surface area contributed by atoms with Gasteiger partial charge >= 0.3 is 0 Å². The van der Waals surface area contributed by atoms with Crippen molar-refractivity contribution in [3.8, 4) is 5.75 Å². The number of nitrogens with two attached hydrogens (primary N) is 1. The van der Waals surface area contributed by atoms with Gasteiger partial charge in [-0.1, -0.05) is 0 Å². The molecule has 1 saturated heterocycles. The van der Waals surface area contributed by atoms with Crippen LogP contribution < -0.4 is 10.5 Å². The van der Waals surface area contributed by atoms with Gasteiger partial charge in [-0.25, -0.2) is 8.42 Å². The molecule has 0 bridgehead atoms. The molecule has 2 unspecified atom stereocenters. The molecule has 1 aromatic rings. The molecule has 1 fully saturated rings. The fourth-order valence-corrected chi connectivity index (χ4v) is 3.89. The molecule has 2 rings (SSSR count). The quantitative estimate of drug-likeness (QED) is 0.797. The maximum absolute atomic E-state index is 12.5. The van der Waals surface area contributed by atoms with Gasteiger partial charge in [0, 0.05) is 19.2 Å². The lowest BCUT2D eigenvalue weighted by Gasteiger charge is -2.18. The Kier molecular flexibility index (Phi) is 4.22. The van der Waals surface area contributed by atoms with Crippen molar-refractivity contribution in [2.75, 3.05) is 25.9 Å². The normalized spacial score (nSPS) is 21.9. The molecule has 112 valence electrons. The third kappa shape index (κ3) is 2.74. The van der Waals surface area contributed by atoms with Crippen LogP contribution in [0.25, 0.3) is 0 Å². The van der Waals surface area contributed by atoms with Gasteiger partial charge in [0.15, 0.2) is 0 Å². The number of hydrogen-bond acceptors (Lipinski definition) is 5. The number of benzene rings is 1. The highest BCUT2D eigenvalue weighted by Gasteiger charge is 2.34. The Morgan fingerprint density at radius 2 is 2.20 bits per heavy atom. The standard InChI is InChI=1S/C13H20N2O4S/c1-9(16)10-5-6-15(8-10)20(17,18)11-3-4-12(14)13(7-11)19-2/h3-4,7,9-10,16H,5-6,8,14H2,1-2H3. The van der Waals surface area contributed by atoms with Crippen LogP contribution in [0, 0.1) is 5.92 Å². The van der Waals surface area contributed by atoms with E-state index >= 15 is 0 Å². The third-order valence-electron chi connectivity index (χ3n) is 3.71. The van der Waals surface area contributed by atoms with Crippen LogP contribution >= 0.6 is 0 Å². The summed E-state index contributed by atoms with van der Waals surface area (Å²) in [4.78, 5) is 0.162. The maximum atomic E-state index is 12.5. The van der Waals surface area contributed by atoms with Gasteiger partial charge in [0.2, 0.25) is 10.0 Å². The van der Waals surface area contributed by atoms with Crippen molar-refractivity contribution < 1.29 is 18.3 Å². The lowest BCUT2D eigenvalue weighted by Crippen LogP contribution is -2.30. The molecule has 1 heterocycles. The first kappa shape index (κ1) is 15.1. The number of methoxy groups -OCH3 is 1. The van der Waals surface area contributed by atoms with Gasteiger partial charge in [-0.15, -0.1) is 0 Å². The molecule has 6 nitrogen and oxygen atoms in total. The Labute approximate surface area is 119 Å². The second-order valence-electron chi connectivity index (χ2n) is 5.06. The van der Waals surface area contributed by atoms with Crippen LogP contribution in [0.3, 0.4) is 0 Å². The number of sulfonamides is 1. The van der Waals surface area contributed by atoms with Gasteiger partial charge in [-0.05, 0) is 31.4 Å². The summed E-state index contributed by atoms with van der Waals surface area (Å²) in [6, 6.07) is 4.43. The maximum Gasteiger partial charge on any atom is 0.243 e. The van der Waals surface area contributed by atoms with Crippen molar-refractivity contribution in [2.24, 2.45) is 5.92 Å². The number of rotatable bonds is 4. The molecule has 2 atom stereocenters. The van der Waals surface area contributed by atoms with E-state index in [2.05, 4.69) is 0 Å². The van der Waals surface area contributed by atoms with E-state index in [9.17, 15) is 13.5 Å². The first-order chi connectivity index (χ1) is 9.36. The summed E-state index contributed by atoms with van der Waals surface area (Å²) in [5.74, 6) is 0.331. The zero-order chi connectivity index (χ0) is 14.9. The summed E-state index contributed by atoms with van der Waals surface area (Å²) < 4.78 is 31.5. The Hall–Kier alpha value is -1.31. The predicted molar refractivity (Wildman–Crippen MR) is 76.0 cm³/mol. The van der Waals surface area contributed by atoms with E-state index in [1.54, 1.807) is 6.92 Å². The van der Waals surface area contributed by atoms with Crippen LogP contribution in [-0.2, 0) is 10.0 Å². The lowest BCUT2D eigenvalue weighted by atomic mass is 10.0. The largest absolute Gasteiger partial charge is 0.495 e. The zero-order valence-electron chi connectivity index (χ0n) is 11.6. The van der Waals surface area contributed by atoms with E-state index in [1.807, 2.05) is 0 Å². The van der Waals surface area contributed by atoms with Crippen LogP contribution in [0.2, 0.25) is 0 Å². The second kappa shape index (κ2) is 5.59. The monoisotopic (exact) mass is 300 g/mol. The molecule has 1 aromatic carbocycles. The number of nitrogen functional groups attached to an aromatic ring is 1. The predicted octanol–water partition coefficient (Wildman–Crippen LogP) is 0.669. The molecular weight excluding hydrogens is 280 g/mol. The highest BCUT2D eigenvalue weighted by molar-refractivity contribution is 7.89. The summed E-state index contributed by atoms with van der Waals surface area (Å²) in [7, 11) is -2.12. The molecule has 0 amide bonds. The van der Waals surface area contributed by atoms with Crippen LogP contribution in [0.15, 0.2) is 23.1 Å². The Balaban J connectivity index is 2.27. The lowest BCUT2D eigenvalue weighted by molar-refractivity contribution is 0.133. The average molecular weight is 300 g/mol. The molecular formula is C13H20N2O4S. The number of nitrogens with zero attached hydrogens (tertiary/aromatic N) is 1. The van der Waals surface area contributed by atoms with Crippen LogP contribution in [0.1, 0.15) is 13.3 Å². The smallest absolute Gasteiger partial charge is 0.243 e. The first-order valence-corrected chi connectivity index (χ1v) is 7.92. The molecule has 1 aliphatic heterocycles. The molecule has 0 spiro atoms. The number of ether oxygens (including phenoxy) is 1. The molecule has 20 heavy (non-hydrogen) atoms. The van der Waals surface area contributed by atoms with Crippen molar-refractivity contribution in [3.05, 3.63) is 18.2 Å². The average Bonchev–Trinajstić information content (AvgIpc) is 2.89. The van der Waals surface area contributed by atoms with E-state index in [0.717, 1.165) is 0 Å². The van der Waals surface area contributed by atoms with Gasteiger partial charge in [0.05, 0.1) is 23.8 Å². The molecule has 0 radical (unpaired) electrons. The van der Waals surface area contributed by atoms with Gasteiger partial charge in [0.25, 0.3) is 0 Å². The van der Waals surface area contributed by atoms with Crippen molar-refractivity contribution in [1.82, 2.24) is 4.31 Å². The molecule has 3 N–H and O–H groups in total. The zero-order valence-corrected chi connectivity index (χ0v) is 12.4. The number of aliphatic hydroxyl groups excluding tert-OH is 1. The van der Waals surface area contributed by atoms with E-state index < -0.39 is 16.1 Å². The highest BCUT2D eigenvalue weighted by Crippen LogP contribution is 2.30. The first-order valence-electron chi connectivity index (χ1n) is 6.48. The van der Waals surface area contributed by atoms with Crippen molar-refractivity contribution in [1.29, 1.82) is 0 Å². The van der Waals surface area contributed by atoms with Crippen molar-refractivity contribution in [3.63, 3.8) is 0 Å². The summed E-state index contributed by atoms with van der Waals surface area (Å²) in [5.41, 5.74) is 6.09. The van der Waals surface area contributed by atoms with Crippen LogP contribution in [0.5, 0.6) is 5.75 Å². The van der Waals surface area contributed by atoms with Crippen LogP contribution in [-0.4, -0.2) is 44.1 Å². The third-order valence-corrected chi connectivity index (χ3v) is 5.57. The van der Waals surface area contributed by atoms with E-state index in [0.29, 0.717) is 30.9 Å². The second-order valence-corrected chi connectivity index (χ2v) is 6.99. The Morgan fingerprint density at radius 1 is 1.50 bits per heavy atom. The molecule has 0 aliphatic carbocycles. The molecule has 7 heteroatoms. The topological polar surface area (TPSA) is 92.9 Å². The minimum Gasteiger partial charge on any atom is -0.495 e. The number of anilines is 1. The number of hydrogen-bond donors (Lipinski definition) is 2. The summed E-state index contributed by atoms with van der Waals surface area (Å²) in [6.07, 6.45) is 0.166. The van der Waals surface area contributed by atoms with Gasteiger partial charge < -0.3 is 15.6 Å². The van der Waals surface area contributed by atoms with Crippen molar-refractivity contribution >= 4 is 15.7 Å². The van der Waals surface area contributed by atoms with Gasteiger partial charge in [-0.2, -0.15) is 4.31 Å². The van der Waals surface area contributed by atoms with E-state index in [1.165, 1.54) is 29.6 Å². The minimum atomic E-state index is -3.57. The fourth-order valence-electron chi connectivity index (χ4n) is 2.37. The summed E-state index contributed by atoms with van der Waals surface area (Å²) in [6.45, 7) is 2.45. The minimum absolute atomic E-state index is 0.0135. The molecule has 0 saturated carbocycles. The Morgan fingerprint density at radius 3 is 2.75 bits per heavy atom. The summed E-state index contributed by atoms with van der Waals surface area (Å²) >= 11 is 0. The van der Waals surface area contributed by atoms with Crippen molar-refractivity contribution in [2.45, 2.75) is 24.3 Å². The van der Waals surface area contributed by atoms with E-state index in [4.69, 9.17) is 10.5 Å². The van der Waals surface area contributed by atoms with Gasteiger partial charge in [0.1, 0.15) is 5.75 Å². The van der Waals surface area contributed by atoms with Gasteiger partial charge in [-0.3, -0.25) is 0 Å². The summed E-state index contributed by atoms with van der Waals surface area (Å²) in [5, 5.41) is 9.57. The fraction of sp³-hybridized carbons (Fsp3) is 0.538. The SMILES string of the molecule is COc1cc(S(=O)(=O)N2CCC(C(C)O)C2)ccc1N. The molecule has 0 aromatic heterocycles. The Bertz CT molecular complexity index is 586. The highest BCUT2D eigenvalue weighted by atomic mass is 32.2. The van der Waals surface area contributed by atoms with Crippen LogP contribution in [0.4, 0.5) is 5.69 Å². The van der Waals surface area contributed by atoms with E-state index in [-0.39, 0.29) is 10.8 Å².